The third-order valence-electron chi connectivity index (χ3n) is 3.93. The summed E-state index contributed by atoms with van der Waals surface area (Å²) in [5.41, 5.74) is 2.12. The molecule has 0 aliphatic carbocycles. The summed E-state index contributed by atoms with van der Waals surface area (Å²) in [4.78, 5) is 16.3. The van der Waals surface area contributed by atoms with Crippen LogP contribution >= 0.6 is 0 Å². The van der Waals surface area contributed by atoms with Crippen molar-refractivity contribution < 1.29 is 14.3 Å². The molecule has 1 heterocycles. The van der Waals surface area contributed by atoms with E-state index in [0.29, 0.717) is 18.7 Å². The van der Waals surface area contributed by atoms with Crippen molar-refractivity contribution in [2.45, 2.75) is 6.42 Å². The van der Waals surface area contributed by atoms with Crippen molar-refractivity contribution in [2.75, 3.05) is 25.6 Å². The van der Waals surface area contributed by atoms with Crippen LogP contribution in [-0.2, 0) is 4.74 Å². The number of nitrogens with zero attached hydrogens (tertiary/aromatic N) is 1. The van der Waals surface area contributed by atoms with Crippen LogP contribution in [0.3, 0.4) is 0 Å². The Bertz CT molecular complexity index is 883. The first-order valence-corrected chi connectivity index (χ1v) is 9.07. The number of nitrogens with one attached hydrogen (secondary N) is 2. The molecule has 0 radical (unpaired) electrons. The molecule has 3 aromatic rings. The van der Waals surface area contributed by atoms with E-state index < -0.39 is 0 Å². The molecule has 2 N–H and O–H groups in total. The molecular weight excluding hydrogens is 354 g/mol. The molecule has 2 aromatic carbocycles. The summed E-state index contributed by atoms with van der Waals surface area (Å²) in [6.45, 7) is 1.18. The molecule has 0 aliphatic heterocycles. The highest BCUT2D eigenvalue weighted by atomic mass is 16.5. The summed E-state index contributed by atoms with van der Waals surface area (Å²) >= 11 is 0. The number of carbonyl (C=O) groups excluding carboxylic acids is 1. The third-order valence-corrected chi connectivity index (χ3v) is 3.93. The molecule has 144 valence electrons. The lowest BCUT2D eigenvalue weighted by atomic mass is 10.2. The zero-order valence-corrected chi connectivity index (χ0v) is 15.7. The van der Waals surface area contributed by atoms with E-state index in [9.17, 15) is 4.79 Å². The van der Waals surface area contributed by atoms with Gasteiger partial charge in [0.2, 0.25) is 0 Å². The van der Waals surface area contributed by atoms with Crippen molar-refractivity contribution in [3.8, 4) is 11.5 Å². The molecule has 1 aromatic heterocycles. The van der Waals surface area contributed by atoms with E-state index in [1.54, 1.807) is 25.6 Å². The van der Waals surface area contributed by atoms with Crippen LogP contribution in [0.15, 0.2) is 73.1 Å². The highest BCUT2D eigenvalue weighted by Crippen LogP contribution is 2.24. The fourth-order valence-electron chi connectivity index (χ4n) is 2.55. The average molecular weight is 377 g/mol. The SMILES string of the molecule is COCCCNC(=O)c1cncc(Nc2ccc(Oc3ccccc3)cc2)c1. The second-order valence-corrected chi connectivity index (χ2v) is 6.13. The summed E-state index contributed by atoms with van der Waals surface area (Å²) in [7, 11) is 1.64. The fourth-order valence-corrected chi connectivity index (χ4v) is 2.55. The van der Waals surface area contributed by atoms with Crippen LogP contribution < -0.4 is 15.4 Å². The second-order valence-electron chi connectivity index (χ2n) is 6.13. The van der Waals surface area contributed by atoms with E-state index in [1.807, 2.05) is 54.6 Å². The lowest BCUT2D eigenvalue weighted by molar-refractivity contribution is 0.0948. The Morgan fingerprint density at radius 1 is 0.964 bits per heavy atom. The molecule has 0 aliphatic rings. The second kappa shape index (κ2) is 10.1. The van der Waals surface area contributed by atoms with Crippen molar-refractivity contribution in [2.24, 2.45) is 0 Å². The Labute approximate surface area is 164 Å². The van der Waals surface area contributed by atoms with Gasteiger partial charge in [-0.3, -0.25) is 9.78 Å². The van der Waals surface area contributed by atoms with Gasteiger partial charge in [-0.05, 0) is 48.9 Å². The molecule has 0 bridgehead atoms. The zero-order chi connectivity index (χ0) is 19.6. The molecule has 6 heteroatoms. The quantitative estimate of drug-likeness (QED) is 0.541. The first kappa shape index (κ1) is 19.4. The predicted octanol–water partition coefficient (Wildman–Crippen LogP) is 4.38. The molecule has 1 amide bonds. The molecule has 3 rings (SSSR count). The average Bonchev–Trinajstić information content (AvgIpc) is 2.73. The predicted molar refractivity (Wildman–Crippen MR) is 109 cm³/mol. The van der Waals surface area contributed by atoms with Gasteiger partial charge in [0.15, 0.2) is 0 Å². The Kier molecular flexibility index (Phi) is 6.98. The molecule has 0 atom stereocenters. The van der Waals surface area contributed by atoms with Gasteiger partial charge in [-0.15, -0.1) is 0 Å². The molecular formula is C22H23N3O3. The van der Waals surface area contributed by atoms with E-state index in [-0.39, 0.29) is 5.91 Å². The van der Waals surface area contributed by atoms with Gasteiger partial charge < -0.3 is 20.1 Å². The first-order chi connectivity index (χ1) is 13.7. The maximum atomic E-state index is 12.2. The summed E-state index contributed by atoms with van der Waals surface area (Å²) in [5.74, 6) is 1.38. The van der Waals surface area contributed by atoms with E-state index in [0.717, 1.165) is 29.3 Å². The van der Waals surface area contributed by atoms with Gasteiger partial charge in [0.05, 0.1) is 17.4 Å². The van der Waals surface area contributed by atoms with Gasteiger partial charge >= 0.3 is 0 Å². The standard InChI is InChI=1S/C22H23N3O3/c1-27-13-5-12-24-22(26)17-14-19(16-23-15-17)25-18-8-10-21(11-9-18)28-20-6-3-2-4-7-20/h2-4,6-11,14-16,25H,5,12-13H2,1H3,(H,24,26). The smallest absolute Gasteiger partial charge is 0.252 e. The fraction of sp³-hybridized carbons (Fsp3) is 0.182. The number of carbonyl (C=O) groups is 1. The normalized spacial score (nSPS) is 10.3. The minimum atomic E-state index is -0.154. The van der Waals surface area contributed by atoms with Gasteiger partial charge in [-0.25, -0.2) is 0 Å². The van der Waals surface area contributed by atoms with Crippen molar-refractivity contribution in [1.29, 1.82) is 0 Å². The molecule has 0 unspecified atom stereocenters. The largest absolute Gasteiger partial charge is 0.457 e. The third kappa shape index (κ3) is 5.82. The van der Waals surface area contributed by atoms with Gasteiger partial charge in [-0.2, -0.15) is 0 Å². The molecule has 0 saturated carbocycles. The van der Waals surface area contributed by atoms with E-state index in [1.165, 1.54) is 0 Å². The lowest BCUT2D eigenvalue weighted by Gasteiger charge is -2.10. The number of methoxy groups -OCH3 is 1. The maximum absolute atomic E-state index is 12.2. The number of amides is 1. The summed E-state index contributed by atoms with van der Waals surface area (Å²) < 4.78 is 10.8. The number of hydrogen-bond donors (Lipinski definition) is 2. The molecule has 0 saturated heterocycles. The number of aromatic nitrogens is 1. The van der Waals surface area contributed by atoms with Crippen LogP contribution in [0.25, 0.3) is 0 Å². The Balaban J connectivity index is 1.58. The highest BCUT2D eigenvalue weighted by Gasteiger charge is 2.07. The van der Waals surface area contributed by atoms with Crippen molar-refractivity contribution in [1.82, 2.24) is 10.3 Å². The van der Waals surface area contributed by atoms with Gasteiger partial charge in [0, 0.05) is 32.1 Å². The van der Waals surface area contributed by atoms with Crippen LogP contribution in [0.5, 0.6) is 11.5 Å². The van der Waals surface area contributed by atoms with Crippen molar-refractivity contribution in [3.05, 3.63) is 78.6 Å². The van der Waals surface area contributed by atoms with Crippen LogP contribution in [0.4, 0.5) is 11.4 Å². The number of hydrogen-bond acceptors (Lipinski definition) is 5. The first-order valence-electron chi connectivity index (χ1n) is 9.07. The van der Waals surface area contributed by atoms with E-state index in [2.05, 4.69) is 15.6 Å². The Morgan fingerprint density at radius 3 is 2.46 bits per heavy atom. The minimum Gasteiger partial charge on any atom is -0.457 e. The van der Waals surface area contributed by atoms with Crippen LogP contribution in [0.2, 0.25) is 0 Å². The minimum absolute atomic E-state index is 0.154. The van der Waals surface area contributed by atoms with Crippen LogP contribution in [0.1, 0.15) is 16.8 Å². The number of benzene rings is 2. The zero-order valence-electron chi connectivity index (χ0n) is 15.7. The summed E-state index contributed by atoms with van der Waals surface area (Å²) in [5, 5.41) is 6.10. The summed E-state index contributed by atoms with van der Waals surface area (Å²) in [6, 6.07) is 19.0. The number of rotatable bonds is 9. The molecule has 0 fully saturated rings. The van der Waals surface area contributed by atoms with Gasteiger partial charge in [0.25, 0.3) is 5.91 Å². The van der Waals surface area contributed by atoms with Crippen LogP contribution in [-0.4, -0.2) is 31.2 Å². The van der Waals surface area contributed by atoms with Crippen molar-refractivity contribution in [3.63, 3.8) is 0 Å². The molecule has 28 heavy (non-hydrogen) atoms. The Hall–Kier alpha value is -3.38. The number of para-hydroxylation sites is 1. The Morgan fingerprint density at radius 2 is 1.71 bits per heavy atom. The van der Waals surface area contributed by atoms with Crippen LogP contribution in [0, 0.1) is 0 Å². The van der Waals surface area contributed by atoms with E-state index in [4.69, 9.17) is 9.47 Å². The molecule has 6 nitrogen and oxygen atoms in total. The van der Waals surface area contributed by atoms with Crippen molar-refractivity contribution >= 4 is 17.3 Å². The summed E-state index contributed by atoms with van der Waals surface area (Å²) in [6.07, 6.45) is 3.99. The maximum Gasteiger partial charge on any atom is 0.252 e. The highest BCUT2D eigenvalue weighted by molar-refractivity contribution is 5.94. The number of ether oxygens (including phenoxy) is 2. The van der Waals surface area contributed by atoms with Gasteiger partial charge in [-0.1, -0.05) is 18.2 Å². The number of pyridine rings is 1. The monoisotopic (exact) mass is 377 g/mol. The molecule has 0 spiro atoms. The number of anilines is 2. The van der Waals surface area contributed by atoms with Gasteiger partial charge in [0.1, 0.15) is 11.5 Å². The lowest BCUT2D eigenvalue weighted by Crippen LogP contribution is -2.25. The topological polar surface area (TPSA) is 72.5 Å². The van der Waals surface area contributed by atoms with E-state index >= 15 is 0 Å².